The minimum absolute atomic E-state index is 0.0277. The molecule has 0 bridgehead atoms. The standard InChI is InChI=1S/C30H28N2O6/c1-18(2)17-38-30(36)19-7-10-23(11-8-19)32-26(22-5-3-13-31-16-22)25(28(34)29(32)35)27(33)21-9-12-24-20(15-21)6-4-14-37-24/h3,5,7-13,15-16,18,26,33H,4,6,14,17H2,1-2H3/b27-25-. The quantitative estimate of drug-likeness (QED) is 0.218. The molecule has 1 fully saturated rings. The van der Waals surface area contributed by atoms with E-state index < -0.39 is 23.7 Å². The average molecular weight is 513 g/mol. The Morgan fingerprint density at radius 2 is 1.89 bits per heavy atom. The first-order valence-electron chi connectivity index (χ1n) is 12.6. The van der Waals surface area contributed by atoms with Crippen molar-refractivity contribution in [3.63, 3.8) is 0 Å². The fraction of sp³-hybridized carbons (Fsp3) is 0.267. The fourth-order valence-electron chi connectivity index (χ4n) is 4.70. The summed E-state index contributed by atoms with van der Waals surface area (Å²) in [6.45, 7) is 4.83. The van der Waals surface area contributed by atoms with Crippen LogP contribution >= 0.6 is 0 Å². The van der Waals surface area contributed by atoms with Gasteiger partial charge >= 0.3 is 5.97 Å². The number of rotatable bonds is 6. The highest BCUT2D eigenvalue weighted by Gasteiger charge is 2.47. The largest absolute Gasteiger partial charge is 0.507 e. The summed E-state index contributed by atoms with van der Waals surface area (Å²) in [6, 6.07) is 14.1. The summed E-state index contributed by atoms with van der Waals surface area (Å²) in [5, 5.41) is 11.4. The number of aromatic nitrogens is 1. The summed E-state index contributed by atoms with van der Waals surface area (Å²) in [4.78, 5) is 44.6. The third-order valence-corrected chi connectivity index (χ3v) is 6.56. The maximum atomic E-state index is 13.4. The van der Waals surface area contributed by atoms with E-state index in [1.807, 2.05) is 13.8 Å². The number of anilines is 1. The number of aliphatic hydroxyl groups excluding tert-OH is 1. The second-order valence-electron chi connectivity index (χ2n) is 9.77. The molecular weight excluding hydrogens is 484 g/mol. The van der Waals surface area contributed by atoms with Crippen LogP contribution in [0.4, 0.5) is 5.69 Å². The van der Waals surface area contributed by atoms with Gasteiger partial charge in [0.2, 0.25) is 0 Å². The molecule has 3 heterocycles. The SMILES string of the molecule is CC(C)COC(=O)c1ccc(N2C(=O)C(=O)/C(=C(\O)c3ccc4c(c3)CCCO4)C2c2cccnc2)cc1. The lowest BCUT2D eigenvalue weighted by Crippen LogP contribution is -2.29. The van der Waals surface area contributed by atoms with Gasteiger partial charge in [0, 0.05) is 23.6 Å². The number of aryl methyl sites for hydroxylation is 1. The van der Waals surface area contributed by atoms with E-state index in [2.05, 4.69) is 4.98 Å². The van der Waals surface area contributed by atoms with Gasteiger partial charge in [-0.15, -0.1) is 0 Å². The molecule has 1 amide bonds. The van der Waals surface area contributed by atoms with Gasteiger partial charge in [-0.1, -0.05) is 19.9 Å². The molecule has 1 unspecified atom stereocenters. The van der Waals surface area contributed by atoms with Crippen LogP contribution in [0.2, 0.25) is 0 Å². The van der Waals surface area contributed by atoms with Crippen LogP contribution in [-0.2, 0) is 20.7 Å². The van der Waals surface area contributed by atoms with Gasteiger partial charge in [0.1, 0.15) is 11.5 Å². The van der Waals surface area contributed by atoms with Crippen molar-refractivity contribution in [2.24, 2.45) is 5.92 Å². The van der Waals surface area contributed by atoms with E-state index >= 15 is 0 Å². The van der Waals surface area contributed by atoms with E-state index in [0.29, 0.717) is 35.6 Å². The molecule has 8 nitrogen and oxygen atoms in total. The van der Waals surface area contributed by atoms with Crippen LogP contribution in [0, 0.1) is 5.92 Å². The van der Waals surface area contributed by atoms with Gasteiger partial charge in [0.15, 0.2) is 0 Å². The molecule has 194 valence electrons. The first kappa shape index (κ1) is 25.2. The highest BCUT2D eigenvalue weighted by molar-refractivity contribution is 6.51. The number of esters is 1. The second-order valence-corrected chi connectivity index (χ2v) is 9.77. The predicted octanol–water partition coefficient (Wildman–Crippen LogP) is 4.85. The van der Waals surface area contributed by atoms with Gasteiger partial charge in [0.25, 0.3) is 11.7 Å². The molecule has 1 saturated heterocycles. The Balaban J connectivity index is 1.56. The van der Waals surface area contributed by atoms with Crippen molar-refractivity contribution in [1.82, 2.24) is 4.98 Å². The Morgan fingerprint density at radius 1 is 1.13 bits per heavy atom. The van der Waals surface area contributed by atoms with Crippen molar-refractivity contribution >= 4 is 29.1 Å². The number of carbonyl (C=O) groups is 3. The van der Waals surface area contributed by atoms with E-state index in [4.69, 9.17) is 9.47 Å². The van der Waals surface area contributed by atoms with Crippen molar-refractivity contribution in [3.05, 3.63) is 94.8 Å². The highest BCUT2D eigenvalue weighted by Crippen LogP contribution is 2.42. The molecule has 3 aromatic rings. The number of amides is 1. The molecule has 2 aliphatic rings. The highest BCUT2D eigenvalue weighted by atomic mass is 16.5. The number of hydrogen-bond donors (Lipinski definition) is 1. The molecule has 0 aliphatic carbocycles. The zero-order valence-electron chi connectivity index (χ0n) is 21.2. The number of aliphatic hydroxyl groups is 1. The number of ketones is 1. The van der Waals surface area contributed by atoms with Crippen LogP contribution in [0.5, 0.6) is 5.75 Å². The smallest absolute Gasteiger partial charge is 0.338 e. The first-order chi connectivity index (χ1) is 18.3. The van der Waals surface area contributed by atoms with Crippen molar-refractivity contribution < 1.29 is 29.0 Å². The summed E-state index contributed by atoms with van der Waals surface area (Å²) < 4.78 is 11.0. The van der Waals surface area contributed by atoms with Crippen LogP contribution in [0.15, 0.2) is 72.6 Å². The molecule has 2 aromatic carbocycles. The molecular formula is C30H28N2O6. The summed E-state index contributed by atoms with van der Waals surface area (Å²) in [7, 11) is 0. The zero-order valence-corrected chi connectivity index (χ0v) is 21.2. The Hall–Kier alpha value is -4.46. The number of pyridine rings is 1. The van der Waals surface area contributed by atoms with Crippen LogP contribution in [-0.4, -0.2) is 41.0 Å². The van der Waals surface area contributed by atoms with E-state index in [0.717, 1.165) is 24.2 Å². The maximum Gasteiger partial charge on any atom is 0.338 e. The molecule has 1 atom stereocenters. The number of nitrogens with zero attached hydrogens (tertiary/aromatic N) is 2. The lowest BCUT2D eigenvalue weighted by molar-refractivity contribution is -0.132. The normalized spacial score (nSPS) is 18.3. The molecule has 0 saturated carbocycles. The third kappa shape index (κ3) is 4.77. The van der Waals surface area contributed by atoms with Gasteiger partial charge in [-0.05, 0) is 78.4 Å². The number of Topliss-reactive ketones (excluding diaryl/α,β-unsaturated/α-hetero) is 1. The molecule has 2 aliphatic heterocycles. The lowest BCUT2D eigenvalue weighted by Gasteiger charge is -2.25. The van der Waals surface area contributed by atoms with Crippen LogP contribution < -0.4 is 9.64 Å². The first-order valence-corrected chi connectivity index (χ1v) is 12.6. The van der Waals surface area contributed by atoms with Crippen LogP contribution in [0.1, 0.15) is 53.4 Å². The topological polar surface area (TPSA) is 106 Å². The van der Waals surface area contributed by atoms with Gasteiger partial charge in [-0.25, -0.2) is 4.79 Å². The van der Waals surface area contributed by atoms with Crippen LogP contribution in [0.25, 0.3) is 5.76 Å². The number of hydrogen-bond acceptors (Lipinski definition) is 7. The van der Waals surface area contributed by atoms with Gasteiger partial charge in [-0.2, -0.15) is 0 Å². The molecule has 38 heavy (non-hydrogen) atoms. The van der Waals surface area contributed by atoms with Crippen molar-refractivity contribution in [1.29, 1.82) is 0 Å². The Morgan fingerprint density at radius 3 is 2.61 bits per heavy atom. The number of ether oxygens (including phenoxy) is 2. The Bertz CT molecular complexity index is 1410. The minimum Gasteiger partial charge on any atom is -0.507 e. The van der Waals surface area contributed by atoms with Crippen molar-refractivity contribution in [2.45, 2.75) is 32.7 Å². The fourth-order valence-corrected chi connectivity index (χ4v) is 4.70. The third-order valence-electron chi connectivity index (χ3n) is 6.56. The van der Waals surface area contributed by atoms with Crippen molar-refractivity contribution in [2.75, 3.05) is 18.1 Å². The number of fused-ring (bicyclic) bond motifs is 1. The van der Waals surface area contributed by atoms with Gasteiger partial charge < -0.3 is 14.6 Å². The van der Waals surface area contributed by atoms with Gasteiger partial charge in [0.05, 0.1) is 30.4 Å². The van der Waals surface area contributed by atoms with Crippen LogP contribution in [0.3, 0.4) is 0 Å². The van der Waals surface area contributed by atoms with E-state index in [1.54, 1.807) is 67.0 Å². The molecule has 1 aromatic heterocycles. The maximum absolute atomic E-state index is 13.4. The molecule has 8 heteroatoms. The summed E-state index contributed by atoms with van der Waals surface area (Å²) in [6.07, 6.45) is 4.81. The molecule has 0 spiro atoms. The Labute approximate surface area is 220 Å². The van der Waals surface area contributed by atoms with E-state index in [-0.39, 0.29) is 17.3 Å². The minimum atomic E-state index is -0.908. The Kier molecular flexibility index (Phi) is 6.96. The monoisotopic (exact) mass is 512 g/mol. The van der Waals surface area contributed by atoms with E-state index in [9.17, 15) is 19.5 Å². The molecule has 1 N–H and O–H groups in total. The average Bonchev–Trinajstić information content (AvgIpc) is 3.21. The lowest BCUT2D eigenvalue weighted by atomic mass is 9.94. The molecule has 5 rings (SSSR count). The second kappa shape index (κ2) is 10.5. The van der Waals surface area contributed by atoms with Gasteiger partial charge in [-0.3, -0.25) is 19.5 Å². The predicted molar refractivity (Wildman–Crippen MR) is 141 cm³/mol. The van der Waals surface area contributed by atoms with E-state index in [1.165, 1.54) is 4.90 Å². The summed E-state index contributed by atoms with van der Waals surface area (Å²) >= 11 is 0. The number of carbonyl (C=O) groups excluding carboxylic acids is 3. The summed E-state index contributed by atoms with van der Waals surface area (Å²) in [5.74, 6) is -1.35. The zero-order chi connectivity index (χ0) is 26.8. The molecule has 0 radical (unpaired) electrons. The number of benzene rings is 2. The van der Waals surface area contributed by atoms with Crippen molar-refractivity contribution in [3.8, 4) is 5.75 Å². The summed E-state index contributed by atoms with van der Waals surface area (Å²) in [5.41, 5.74) is 2.64.